The fourth-order valence-corrected chi connectivity index (χ4v) is 11.6. The van der Waals surface area contributed by atoms with Crippen molar-refractivity contribution >= 4 is 0 Å². The van der Waals surface area contributed by atoms with Gasteiger partial charge in [-0.05, 0) is 124 Å². The van der Waals surface area contributed by atoms with Crippen molar-refractivity contribution in [3.63, 3.8) is 0 Å². The molecule has 0 saturated heterocycles. The van der Waals surface area contributed by atoms with E-state index < -0.39 is 5.41 Å². The zero-order valence-electron chi connectivity index (χ0n) is 39.8. The summed E-state index contributed by atoms with van der Waals surface area (Å²) in [6.07, 6.45) is 0. The van der Waals surface area contributed by atoms with E-state index in [9.17, 15) is 0 Å². The summed E-state index contributed by atoms with van der Waals surface area (Å²) in [6, 6.07) is 98.7. The first-order valence-electron chi connectivity index (χ1n) is 25.0. The van der Waals surface area contributed by atoms with E-state index in [0.717, 1.165) is 38.9 Å². The Balaban J connectivity index is 0.919. The smallest absolute Gasteiger partial charge is 0.164 e. The van der Waals surface area contributed by atoms with E-state index >= 15 is 0 Å². The average Bonchev–Trinajstić information content (AvgIpc) is 3.94. The van der Waals surface area contributed by atoms with E-state index in [-0.39, 0.29) is 0 Å². The lowest BCUT2D eigenvalue weighted by Gasteiger charge is -2.31. The lowest BCUT2D eigenvalue weighted by Crippen LogP contribution is -2.25. The van der Waals surface area contributed by atoms with Gasteiger partial charge in [0.25, 0.3) is 0 Å². The van der Waals surface area contributed by atoms with Gasteiger partial charge < -0.3 is 0 Å². The van der Waals surface area contributed by atoms with Gasteiger partial charge in [0.15, 0.2) is 17.5 Å². The molecule has 0 N–H and O–H groups in total. The summed E-state index contributed by atoms with van der Waals surface area (Å²) >= 11 is 0. The third kappa shape index (κ3) is 7.08. The molecule has 11 aromatic carbocycles. The van der Waals surface area contributed by atoms with Crippen LogP contribution < -0.4 is 0 Å². The first kappa shape index (κ1) is 42.3. The Morgan fingerprint density at radius 2 is 0.507 bits per heavy atom. The van der Waals surface area contributed by atoms with Gasteiger partial charge >= 0.3 is 0 Å². The Bertz CT molecular complexity index is 4000. The van der Waals surface area contributed by atoms with Gasteiger partial charge in [0.1, 0.15) is 0 Å². The van der Waals surface area contributed by atoms with E-state index in [0.29, 0.717) is 17.5 Å². The first-order chi connectivity index (χ1) is 36.2. The van der Waals surface area contributed by atoms with Gasteiger partial charge in [0.2, 0.25) is 0 Å². The molecule has 2 aliphatic carbocycles. The molecular weight excluding hydrogens is 883 g/mol. The first-order valence-corrected chi connectivity index (χ1v) is 25.0. The summed E-state index contributed by atoms with van der Waals surface area (Å²) in [7, 11) is 0. The van der Waals surface area contributed by atoms with Crippen LogP contribution in [0.3, 0.4) is 0 Å². The molecule has 0 bridgehead atoms. The fraction of sp³-hybridized carbons (Fsp3) is 0.0143. The van der Waals surface area contributed by atoms with Crippen LogP contribution in [0.5, 0.6) is 0 Å². The molecule has 2 aliphatic rings. The second kappa shape index (κ2) is 17.4. The van der Waals surface area contributed by atoms with Crippen LogP contribution in [0, 0.1) is 0 Å². The van der Waals surface area contributed by atoms with Gasteiger partial charge in [-0.2, -0.15) is 0 Å². The van der Waals surface area contributed by atoms with Crippen LogP contribution >= 0.6 is 0 Å². The maximum atomic E-state index is 5.17. The van der Waals surface area contributed by atoms with Crippen molar-refractivity contribution in [2.24, 2.45) is 0 Å². The van der Waals surface area contributed by atoms with Crippen molar-refractivity contribution in [2.75, 3.05) is 0 Å². The molecule has 0 atom stereocenters. The molecule has 3 nitrogen and oxygen atoms in total. The summed E-state index contributed by atoms with van der Waals surface area (Å²) in [5, 5.41) is 0. The van der Waals surface area contributed by atoms with Crippen molar-refractivity contribution in [3.8, 4) is 112 Å². The number of fused-ring (bicyclic) bond motifs is 10. The van der Waals surface area contributed by atoms with Crippen molar-refractivity contribution in [1.82, 2.24) is 15.0 Å². The normalized spacial score (nSPS) is 12.5. The number of hydrogen-bond donors (Lipinski definition) is 0. The molecule has 1 aromatic heterocycles. The summed E-state index contributed by atoms with van der Waals surface area (Å²) < 4.78 is 0. The molecule has 340 valence electrons. The summed E-state index contributed by atoms with van der Waals surface area (Å²) in [4.78, 5) is 15.3. The van der Waals surface area contributed by atoms with E-state index in [1.807, 2.05) is 24.3 Å². The lowest BCUT2D eigenvalue weighted by atomic mass is 9.70. The molecule has 1 spiro atoms. The Morgan fingerprint density at radius 3 is 1.03 bits per heavy atom. The van der Waals surface area contributed by atoms with Crippen LogP contribution in [0.25, 0.3) is 112 Å². The second-order valence-electron chi connectivity index (χ2n) is 19.1. The minimum absolute atomic E-state index is 0.471. The molecule has 14 rings (SSSR count). The second-order valence-corrected chi connectivity index (χ2v) is 19.1. The van der Waals surface area contributed by atoms with Crippen LogP contribution in [-0.4, -0.2) is 15.0 Å². The van der Waals surface area contributed by atoms with Crippen LogP contribution in [-0.2, 0) is 5.41 Å². The molecule has 73 heavy (non-hydrogen) atoms. The van der Waals surface area contributed by atoms with Gasteiger partial charge in [-0.3, -0.25) is 0 Å². The van der Waals surface area contributed by atoms with E-state index in [1.54, 1.807) is 0 Å². The number of rotatable bonds is 8. The minimum Gasteiger partial charge on any atom is -0.208 e. The van der Waals surface area contributed by atoms with Gasteiger partial charge in [-0.15, -0.1) is 0 Å². The van der Waals surface area contributed by atoms with Crippen LogP contribution in [0.4, 0.5) is 0 Å². The Morgan fingerprint density at radius 1 is 0.178 bits per heavy atom. The average molecular weight is 928 g/mol. The number of hydrogen-bond acceptors (Lipinski definition) is 3. The monoisotopic (exact) mass is 927 g/mol. The minimum atomic E-state index is -0.471. The van der Waals surface area contributed by atoms with Crippen molar-refractivity contribution < 1.29 is 0 Å². The molecule has 0 amide bonds. The van der Waals surface area contributed by atoms with Gasteiger partial charge in [0.05, 0.1) is 5.41 Å². The van der Waals surface area contributed by atoms with Crippen LogP contribution in [0.2, 0.25) is 0 Å². The molecule has 0 unspecified atom stereocenters. The Hall–Kier alpha value is -9.57. The summed E-state index contributed by atoms with van der Waals surface area (Å²) in [6.45, 7) is 0. The standard InChI is InChI=1S/C70H45N3/c1-4-18-46(19-5-1)48-34-38-50(39-35-48)60-44-62-59-30-12-15-33-65(59)70(63-31-13-10-28-57(63)58-29-11-14-32-64(58)70)66(62)45-61(60)55-26-16-24-53(42-55)54-25-17-27-56(43-54)69-72-67(51-22-8-3-9-23-51)71-68(73-69)52-40-36-49(37-41-52)47-20-6-2-7-21-47/h1-45H. The number of aromatic nitrogens is 3. The highest BCUT2D eigenvalue weighted by Crippen LogP contribution is 2.63. The number of nitrogens with zero attached hydrogens (tertiary/aromatic N) is 3. The predicted octanol–water partition coefficient (Wildman–Crippen LogP) is 17.6. The molecule has 3 heteroatoms. The van der Waals surface area contributed by atoms with Gasteiger partial charge in [-0.25, -0.2) is 15.0 Å². The third-order valence-corrected chi connectivity index (χ3v) is 15.0. The third-order valence-electron chi connectivity index (χ3n) is 15.0. The zero-order chi connectivity index (χ0) is 48.3. The lowest BCUT2D eigenvalue weighted by molar-refractivity contribution is 0.794. The Labute approximate surface area is 425 Å². The Kier molecular flexibility index (Phi) is 10.1. The van der Waals surface area contributed by atoms with Crippen LogP contribution in [0.15, 0.2) is 273 Å². The van der Waals surface area contributed by atoms with Crippen molar-refractivity contribution in [1.29, 1.82) is 0 Å². The summed E-state index contributed by atoms with van der Waals surface area (Å²) in [5.74, 6) is 1.88. The van der Waals surface area contributed by atoms with Gasteiger partial charge in [-0.1, -0.05) is 249 Å². The molecule has 0 fully saturated rings. The van der Waals surface area contributed by atoms with E-state index in [1.165, 1.54) is 77.9 Å². The quantitative estimate of drug-likeness (QED) is 0.152. The maximum absolute atomic E-state index is 5.17. The van der Waals surface area contributed by atoms with Crippen molar-refractivity contribution in [2.45, 2.75) is 5.41 Å². The van der Waals surface area contributed by atoms with Crippen molar-refractivity contribution in [3.05, 3.63) is 295 Å². The van der Waals surface area contributed by atoms with E-state index in [4.69, 9.17) is 15.0 Å². The topological polar surface area (TPSA) is 38.7 Å². The predicted molar refractivity (Wildman–Crippen MR) is 300 cm³/mol. The molecular formula is C70H45N3. The molecule has 0 aliphatic heterocycles. The highest BCUT2D eigenvalue weighted by molar-refractivity contribution is 5.99. The largest absolute Gasteiger partial charge is 0.208 e. The highest BCUT2D eigenvalue weighted by atomic mass is 15.0. The molecule has 0 saturated carbocycles. The zero-order valence-corrected chi connectivity index (χ0v) is 39.8. The SMILES string of the molecule is c1ccc(-c2ccc(-c3nc(-c4ccccc4)nc(-c4cccc(-c5cccc(-c6cc7c(cc6-c6ccc(-c8ccccc8)cc6)-c6ccccc6C76c7ccccc7-c7ccccc76)c5)c4)n3)cc2)cc1. The summed E-state index contributed by atoms with van der Waals surface area (Å²) in [5.41, 5.74) is 24.4. The van der Waals surface area contributed by atoms with Gasteiger partial charge in [0, 0.05) is 16.7 Å². The molecule has 1 heterocycles. The number of benzene rings is 11. The van der Waals surface area contributed by atoms with Crippen LogP contribution in [0.1, 0.15) is 22.3 Å². The van der Waals surface area contributed by atoms with E-state index in [2.05, 4.69) is 249 Å². The maximum Gasteiger partial charge on any atom is 0.164 e. The fourth-order valence-electron chi connectivity index (χ4n) is 11.6. The highest BCUT2D eigenvalue weighted by Gasteiger charge is 2.51. The molecule has 12 aromatic rings. The molecule has 0 radical (unpaired) electrons.